The summed E-state index contributed by atoms with van der Waals surface area (Å²) in [6, 6.07) is 21.5. The highest BCUT2D eigenvalue weighted by atomic mass is 16.5. The highest BCUT2D eigenvalue weighted by molar-refractivity contribution is 6.01. The van der Waals surface area contributed by atoms with Crippen LogP contribution in [-0.2, 0) is 4.79 Å². The first-order chi connectivity index (χ1) is 16.5. The summed E-state index contributed by atoms with van der Waals surface area (Å²) >= 11 is 0. The Bertz CT molecular complexity index is 1360. The Morgan fingerprint density at radius 1 is 1.15 bits per heavy atom. The first kappa shape index (κ1) is 21.5. The number of aromatic amines is 1. The number of carbonyl (C=O) groups excluding carboxylic acids is 1. The number of nitrogens with two attached hydrogens (primary N) is 1. The van der Waals surface area contributed by atoms with Crippen LogP contribution < -0.4 is 15.4 Å². The van der Waals surface area contributed by atoms with Gasteiger partial charge in [0.1, 0.15) is 11.6 Å². The fourth-order valence-electron chi connectivity index (χ4n) is 4.93. The zero-order valence-electron chi connectivity index (χ0n) is 19.1. The van der Waals surface area contributed by atoms with Crippen LogP contribution in [0.1, 0.15) is 31.2 Å². The van der Waals surface area contributed by atoms with Gasteiger partial charge in [-0.2, -0.15) is 10.4 Å². The van der Waals surface area contributed by atoms with E-state index in [1.54, 1.807) is 12.0 Å². The number of benzene rings is 2. The molecule has 3 aromatic rings. The normalized spacial score (nSPS) is 20.3. The van der Waals surface area contributed by atoms with Crippen LogP contribution in [0.15, 0.2) is 83.3 Å². The molecular weight excluding hydrogens is 426 g/mol. The molecule has 7 nitrogen and oxygen atoms in total. The van der Waals surface area contributed by atoms with Crippen LogP contribution >= 0.6 is 0 Å². The number of aromatic nitrogens is 2. The molecule has 0 amide bonds. The number of hydrogen-bond donors (Lipinski definition) is 2. The number of Topliss-reactive ketones (excluding diaryl/α,β-unsaturated/α-hetero) is 1. The molecule has 7 heteroatoms. The third-order valence-electron chi connectivity index (χ3n) is 6.48. The molecule has 0 saturated heterocycles. The molecule has 0 saturated carbocycles. The van der Waals surface area contributed by atoms with Gasteiger partial charge in [-0.3, -0.25) is 14.8 Å². The van der Waals surface area contributed by atoms with Crippen molar-refractivity contribution < 1.29 is 9.53 Å². The van der Waals surface area contributed by atoms with Crippen molar-refractivity contribution >= 4 is 11.6 Å². The lowest BCUT2D eigenvalue weighted by molar-refractivity contribution is -0.117. The number of ketones is 1. The molecule has 2 aliphatic rings. The first-order valence-electron chi connectivity index (χ1n) is 11.2. The summed E-state index contributed by atoms with van der Waals surface area (Å²) in [4.78, 5) is 15.2. The van der Waals surface area contributed by atoms with Crippen molar-refractivity contribution in [1.82, 2.24) is 10.2 Å². The van der Waals surface area contributed by atoms with Gasteiger partial charge in [-0.05, 0) is 35.6 Å². The lowest BCUT2D eigenvalue weighted by atomic mass is 9.73. The van der Waals surface area contributed by atoms with Crippen molar-refractivity contribution in [2.24, 2.45) is 11.7 Å². The molecule has 5 rings (SSSR count). The molecule has 1 aliphatic carbocycles. The van der Waals surface area contributed by atoms with Gasteiger partial charge in [-0.15, -0.1) is 0 Å². The standard InChI is InChI=1S/C27H25N5O2/c1-16-11-22-26(23(33)12-16)25(18-9-6-10-19(13-18)34-2)20(15-28)27(29)32(22)24-14-21(30-31-24)17-7-4-3-5-8-17/h3-10,13-14,16,25H,11-12,29H2,1-2H3,(H,30,31). The van der Waals surface area contributed by atoms with Gasteiger partial charge in [-0.1, -0.05) is 49.4 Å². The predicted molar refractivity (Wildman–Crippen MR) is 129 cm³/mol. The van der Waals surface area contributed by atoms with Gasteiger partial charge in [0.25, 0.3) is 0 Å². The molecule has 0 radical (unpaired) electrons. The number of nitrogens with zero attached hydrogens (tertiary/aromatic N) is 3. The van der Waals surface area contributed by atoms with E-state index in [9.17, 15) is 10.1 Å². The van der Waals surface area contributed by atoms with Gasteiger partial charge in [0.2, 0.25) is 0 Å². The molecule has 2 unspecified atom stereocenters. The number of methoxy groups -OCH3 is 1. The van der Waals surface area contributed by atoms with Crippen LogP contribution in [0.3, 0.4) is 0 Å². The van der Waals surface area contributed by atoms with E-state index >= 15 is 0 Å². The maximum absolute atomic E-state index is 13.4. The van der Waals surface area contributed by atoms with Gasteiger partial charge in [0.05, 0.1) is 30.4 Å². The minimum Gasteiger partial charge on any atom is -0.497 e. The summed E-state index contributed by atoms with van der Waals surface area (Å²) in [6.07, 6.45) is 1.09. The number of carbonyl (C=O) groups is 1. The van der Waals surface area contributed by atoms with Gasteiger partial charge in [0, 0.05) is 23.8 Å². The Labute approximate surface area is 198 Å². The van der Waals surface area contributed by atoms with E-state index < -0.39 is 5.92 Å². The van der Waals surface area contributed by atoms with E-state index in [4.69, 9.17) is 10.5 Å². The number of hydrogen-bond acceptors (Lipinski definition) is 6. The second kappa shape index (κ2) is 8.56. The van der Waals surface area contributed by atoms with Crippen LogP contribution in [0.5, 0.6) is 5.75 Å². The summed E-state index contributed by atoms with van der Waals surface area (Å²) in [5.41, 5.74) is 11.0. The maximum atomic E-state index is 13.4. The summed E-state index contributed by atoms with van der Waals surface area (Å²) in [5.74, 6) is 1.16. The summed E-state index contributed by atoms with van der Waals surface area (Å²) < 4.78 is 5.40. The second-order valence-corrected chi connectivity index (χ2v) is 8.76. The maximum Gasteiger partial charge on any atom is 0.161 e. The quantitative estimate of drug-likeness (QED) is 0.598. The van der Waals surface area contributed by atoms with Crippen LogP contribution in [0, 0.1) is 17.2 Å². The third kappa shape index (κ3) is 3.54. The molecule has 1 aromatic heterocycles. The third-order valence-corrected chi connectivity index (χ3v) is 6.48. The van der Waals surface area contributed by atoms with Crippen molar-refractivity contribution in [2.75, 3.05) is 12.0 Å². The Hall–Kier alpha value is -4.31. The van der Waals surface area contributed by atoms with Crippen LogP contribution in [0.25, 0.3) is 11.3 Å². The van der Waals surface area contributed by atoms with Crippen LogP contribution in [0.4, 0.5) is 5.82 Å². The SMILES string of the molecule is COc1cccc(C2C(C#N)=C(N)N(c3cc(-c4ccccc4)[nH]n3)C3=C2C(=O)CC(C)C3)c1. The first-order valence-corrected chi connectivity index (χ1v) is 11.2. The number of rotatable bonds is 4. The topological polar surface area (TPSA) is 108 Å². The molecule has 3 N–H and O–H groups in total. The van der Waals surface area contributed by atoms with E-state index in [1.807, 2.05) is 60.7 Å². The lowest BCUT2D eigenvalue weighted by Gasteiger charge is -2.40. The molecule has 0 spiro atoms. The number of H-pyrrole nitrogens is 1. The fraction of sp³-hybridized carbons (Fsp3) is 0.222. The Kier molecular flexibility index (Phi) is 5.42. The molecule has 0 fully saturated rings. The zero-order valence-corrected chi connectivity index (χ0v) is 19.1. The molecule has 34 heavy (non-hydrogen) atoms. The lowest BCUT2D eigenvalue weighted by Crippen LogP contribution is -2.40. The fourth-order valence-corrected chi connectivity index (χ4v) is 4.93. The van der Waals surface area contributed by atoms with Crippen molar-refractivity contribution in [2.45, 2.75) is 25.7 Å². The minimum absolute atomic E-state index is 0.0330. The largest absolute Gasteiger partial charge is 0.497 e. The molecule has 2 aromatic carbocycles. The molecule has 2 heterocycles. The Balaban J connectivity index is 1.69. The molecule has 2 atom stereocenters. The monoisotopic (exact) mass is 451 g/mol. The average Bonchev–Trinajstić information content (AvgIpc) is 3.33. The summed E-state index contributed by atoms with van der Waals surface area (Å²) in [7, 11) is 1.59. The van der Waals surface area contributed by atoms with Crippen molar-refractivity contribution in [3.05, 3.63) is 88.9 Å². The molecule has 0 bridgehead atoms. The van der Waals surface area contributed by atoms with E-state index in [0.29, 0.717) is 41.4 Å². The highest BCUT2D eigenvalue weighted by Crippen LogP contribution is 2.47. The Morgan fingerprint density at radius 3 is 2.68 bits per heavy atom. The zero-order chi connectivity index (χ0) is 23.8. The number of nitrogens with one attached hydrogen (secondary N) is 1. The van der Waals surface area contributed by atoms with Crippen molar-refractivity contribution in [3.8, 4) is 23.1 Å². The number of nitriles is 1. The van der Waals surface area contributed by atoms with Crippen molar-refractivity contribution in [3.63, 3.8) is 0 Å². The smallest absolute Gasteiger partial charge is 0.161 e. The summed E-state index contributed by atoms with van der Waals surface area (Å²) in [5, 5.41) is 17.8. The van der Waals surface area contributed by atoms with Crippen molar-refractivity contribution in [1.29, 1.82) is 5.26 Å². The van der Waals surface area contributed by atoms with Gasteiger partial charge >= 0.3 is 0 Å². The average molecular weight is 452 g/mol. The van der Waals surface area contributed by atoms with E-state index in [0.717, 1.165) is 22.5 Å². The van der Waals surface area contributed by atoms with E-state index in [1.165, 1.54) is 0 Å². The van der Waals surface area contributed by atoms with E-state index in [2.05, 4.69) is 23.2 Å². The molecule has 1 aliphatic heterocycles. The number of allylic oxidation sites excluding steroid dienone is 3. The van der Waals surface area contributed by atoms with Gasteiger partial charge in [0.15, 0.2) is 11.6 Å². The minimum atomic E-state index is -0.543. The number of ether oxygens (including phenoxy) is 1. The van der Waals surface area contributed by atoms with Gasteiger partial charge in [-0.25, -0.2) is 0 Å². The summed E-state index contributed by atoms with van der Waals surface area (Å²) in [6.45, 7) is 2.06. The molecule has 170 valence electrons. The highest BCUT2D eigenvalue weighted by Gasteiger charge is 2.42. The van der Waals surface area contributed by atoms with Crippen LogP contribution in [-0.4, -0.2) is 23.1 Å². The molecular formula is C27H25N5O2. The van der Waals surface area contributed by atoms with E-state index in [-0.39, 0.29) is 11.7 Å². The second-order valence-electron chi connectivity index (χ2n) is 8.76. The van der Waals surface area contributed by atoms with Gasteiger partial charge < -0.3 is 10.5 Å². The predicted octanol–water partition coefficient (Wildman–Crippen LogP) is 4.64. The number of anilines is 1. The Morgan fingerprint density at radius 2 is 1.94 bits per heavy atom. The van der Waals surface area contributed by atoms with Crippen LogP contribution in [0.2, 0.25) is 0 Å².